The molecular formula is C34H27NO5. The van der Waals surface area contributed by atoms with E-state index in [9.17, 15) is 14.7 Å². The smallest absolute Gasteiger partial charge is 0.290 e. The first kappa shape index (κ1) is 25.2. The Hall–Kier alpha value is -5.10. The van der Waals surface area contributed by atoms with Crippen molar-refractivity contribution in [1.82, 2.24) is 4.90 Å². The number of para-hydroxylation sites is 1. The van der Waals surface area contributed by atoms with Crippen LogP contribution in [0.25, 0.3) is 11.0 Å². The molecule has 40 heavy (non-hydrogen) atoms. The number of rotatable bonds is 9. The number of furan rings is 1. The van der Waals surface area contributed by atoms with Crippen molar-refractivity contribution >= 4 is 22.7 Å². The van der Waals surface area contributed by atoms with E-state index in [1.807, 2.05) is 103 Å². The van der Waals surface area contributed by atoms with Crippen LogP contribution in [-0.4, -0.2) is 28.2 Å². The van der Waals surface area contributed by atoms with Crippen LogP contribution in [0.1, 0.15) is 33.3 Å². The van der Waals surface area contributed by atoms with Crippen molar-refractivity contribution in [3.8, 4) is 5.75 Å². The van der Waals surface area contributed by atoms with Crippen LogP contribution in [-0.2, 0) is 17.8 Å². The minimum Gasteiger partial charge on any atom is -0.503 e. The van der Waals surface area contributed by atoms with E-state index in [4.69, 9.17) is 9.15 Å². The molecule has 0 spiro atoms. The standard InChI is InChI=1S/C34H27NO5/c36-32(29-21-26-13-7-8-14-28(26)40-29)30-31(35(34(38)33(30)37)20-19-23-9-3-1-4-10-23)25-15-17-27(18-16-25)39-22-24-11-5-2-6-12-24/h1-18,21,31,37H,19-20,22H2/t31-/m0/s1. The molecule has 1 atom stereocenters. The molecule has 1 aliphatic rings. The van der Waals surface area contributed by atoms with E-state index in [1.54, 1.807) is 17.0 Å². The summed E-state index contributed by atoms with van der Waals surface area (Å²) in [5, 5.41) is 11.8. The van der Waals surface area contributed by atoms with Crippen molar-refractivity contribution in [3.05, 3.63) is 149 Å². The average molecular weight is 530 g/mol. The molecule has 6 heteroatoms. The number of carbonyl (C=O) groups is 2. The average Bonchev–Trinajstić information content (AvgIpc) is 3.55. The van der Waals surface area contributed by atoms with Gasteiger partial charge < -0.3 is 19.2 Å². The van der Waals surface area contributed by atoms with E-state index in [-0.39, 0.29) is 11.3 Å². The second-order valence-corrected chi connectivity index (χ2v) is 9.72. The molecule has 1 amide bonds. The van der Waals surface area contributed by atoms with Crippen molar-refractivity contribution in [3.63, 3.8) is 0 Å². The molecule has 5 aromatic rings. The zero-order valence-corrected chi connectivity index (χ0v) is 21.7. The summed E-state index contributed by atoms with van der Waals surface area (Å²) in [7, 11) is 0. The fraction of sp³-hybridized carbons (Fsp3) is 0.118. The Morgan fingerprint density at radius 1 is 0.825 bits per heavy atom. The Kier molecular flexibility index (Phi) is 6.89. The lowest BCUT2D eigenvalue weighted by Crippen LogP contribution is -2.33. The van der Waals surface area contributed by atoms with Gasteiger partial charge in [0.05, 0.1) is 11.6 Å². The minimum absolute atomic E-state index is 0.00933. The molecule has 4 aromatic carbocycles. The number of hydrogen-bond acceptors (Lipinski definition) is 5. The third-order valence-electron chi connectivity index (χ3n) is 7.13. The molecule has 0 aliphatic carbocycles. The molecule has 1 aromatic heterocycles. The molecule has 0 saturated carbocycles. The van der Waals surface area contributed by atoms with Crippen LogP contribution in [0.15, 0.2) is 131 Å². The number of aliphatic hydroxyl groups excluding tert-OH is 1. The number of aliphatic hydroxyl groups is 1. The maximum atomic E-state index is 13.8. The molecule has 1 N–H and O–H groups in total. The van der Waals surface area contributed by atoms with Gasteiger partial charge in [0.1, 0.15) is 17.9 Å². The van der Waals surface area contributed by atoms with Gasteiger partial charge in [-0.2, -0.15) is 0 Å². The number of amides is 1. The maximum Gasteiger partial charge on any atom is 0.290 e. The van der Waals surface area contributed by atoms with Crippen molar-refractivity contribution in [2.45, 2.75) is 19.1 Å². The summed E-state index contributed by atoms with van der Waals surface area (Å²) in [4.78, 5) is 28.7. The number of benzene rings is 4. The lowest BCUT2D eigenvalue weighted by Gasteiger charge is -2.27. The van der Waals surface area contributed by atoms with Crippen molar-refractivity contribution in [1.29, 1.82) is 0 Å². The lowest BCUT2D eigenvalue weighted by atomic mass is 9.94. The number of ketones is 1. The Bertz CT molecular complexity index is 1650. The predicted octanol–water partition coefficient (Wildman–Crippen LogP) is 6.83. The summed E-state index contributed by atoms with van der Waals surface area (Å²) in [6, 6.07) is 35.1. The van der Waals surface area contributed by atoms with Gasteiger partial charge in [0, 0.05) is 11.9 Å². The summed E-state index contributed by atoms with van der Waals surface area (Å²) in [6.45, 7) is 0.739. The first-order chi connectivity index (χ1) is 19.6. The highest BCUT2D eigenvalue weighted by atomic mass is 16.5. The van der Waals surface area contributed by atoms with E-state index in [2.05, 4.69) is 0 Å². The molecule has 0 radical (unpaired) electrons. The number of Topliss-reactive ketones (excluding diaryl/α,β-unsaturated/α-hetero) is 1. The second kappa shape index (κ2) is 10.9. The van der Waals surface area contributed by atoms with Crippen LogP contribution < -0.4 is 4.74 Å². The molecule has 0 unspecified atom stereocenters. The van der Waals surface area contributed by atoms with Gasteiger partial charge in [-0.05, 0) is 47.4 Å². The number of carbonyl (C=O) groups excluding carboxylic acids is 2. The third kappa shape index (κ3) is 4.99. The van der Waals surface area contributed by atoms with Gasteiger partial charge in [0.2, 0.25) is 5.78 Å². The molecule has 0 fully saturated rings. The SMILES string of the molecule is O=C(C1=C(O)C(=O)N(CCc2ccccc2)[C@H]1c1ccc(OCc2ccccc2)cc1)c1cc2ccccc2o1. The van der Waals surface area contributed by atoms with Crippen LogP contribution in [0.5, 0.6) is 5.75 Å². The number of ether oxygens (including phenoxy) is 1. The highest BCUT2D eigenvalue weighted by Crippen LogP contribution is 2.40. The van der Waals surface area contributed by atoms with Crippen molar-refractivity contribution < 1.29 is 23.8 Å². The Morgan fingerprint density at radius 3 is 2.17 bits per heavy atom. The maximum absolute atomic E-state index is 13.8. The van der Waals surface area contributed by atoms with Crippen LogP contribution in [0.3, 0.4) is 0 Å². The van der Waals surface area contributed by atoms with Crippen molar-refractivity contribution in [2.75, 3.05) is 6.54 Å². The lowest BCUT2D eigenvalue weighted by molar-refractivity contribution is -0.129. The zero-order chi connectivity index (χ0) is 27.5. The van der Waals surface area contributed by atoms with E-state index >= 15 is 0 Å². The highest BCUT2D eigenvalue weighted by Gasteiger charge is 2.44. The summed E-state index contributed by atoms with van der Waals surface area (Å²) < 4.78 is 11.8. The molecule has 0 saturated heterocycles. The predicted molar refractivity (Wildman–Crippen MR) is 152 cm³/mol. The monoisotopic (exact) mass is 529 g/mol. The second-order valence-electron chi connectivity index (χ2n) is 9.72. The minimum atomic E-state index is -0.778. The van der Waals surface area contributed by atoms with E-state index < -0.39 is 23.5 Å². The number of fused-ring (bicyclic) bond motifs is 1. The van der Waals surface area contributed by atoms with Crippen LogP contribution >= 0.6 is 0 Å². The first-order valence-electron chi connectivity index (χ1n) is 13.2. The molecule has 1 aliphatic heterocycles. The van der Waals surface area contributed by atoms with Gasteiger partial charge in [0.15, 0.2) is 11.5 Å². The van der Waals surface area contributed by atoms with Gasteiger partial charge >= 0.3 is 0 Å². The molecular weight excluding hydrogens is 502 g/mol. The molecule has 6 nitrogen and oxygen atoms in total. The zero-order valence-electron chi connectivity index (χ0n) is 21.7. The fourth-order valence-electron chi connectivity index (χ4n) is 5.07. The van der Waals surface area contributed by atoms with Gasteiger partial charge in [-0.1, -0.05) is 91.0 Å². The third-order valence-corrected chi connectivity index (χ3v) is 7.13. The summed E-state index contributed by atoms with van der Waals surface area (Å²) >= 11 is 0. The molecule has 6 rings (SSSR count). The van der Waals surface area contributed by atoms with Crippen molar-refractivity contribution in [2.24, 2.45) is 0 Å². The normalized spacial score (nSPS) is 15.2. The van der Waals surface area contributed by atoms with Gasteiger partial charge in [-0.3, -0.25) is 9.59 Å². The van der Waals surface area contributed by atoms with E-state index in [0.717, 1.165) is 16.5 Å². The fourth-order valence-corrected chi connectivity index (χ4v) is 5.07. The van der Waals surface area contributed by atoms with Gasteiger partial charge in [0.25, 0.3) is 5.91 Å². The molecule has 2 heterocycles. The highest BCUT2D eigenvalue weighted by molar-refractivity contribution is 6.16. The molecule has 198 valence electrons. The van der Waals surface area contributed by atoms with E-state index in [1.165, 1.54) is 0 Å². The number of hydrogen-bond donors (Lipinski definition) is 1. The largest absolute Gasteiger partial charge is 0.503 e. The van der Waals surface area contributed by atoms with Crippen LogP contribution in [0, 0.1) is 0 Å². The van der Waals surface area contributed by atoms with E-state index in [0.29, 0.717) is 36.5 Å². The van der Waals surface area contributed by atoms with Gasteiger partial charge in [-0.15, -0.1) is 0 Å². The Balaban J connectivity index is 1.31. The quantitative estimate of drug-likeness (QED) is 0.212. The Labute approximate surface area is 231 Å². The topological polar surface area (TPSA) is 80.0 Å². The van der Waals surface area contributed by atoms with Gasteiger partial charge in [-0.25, -0.2) is 0 Å². The molecule has 0 bridgehead atoms. The Morgan fingerprint density at radius 2 is 1.48 bits per heavy atom. The summed E-state index contributed by atoms with van der Waals surface area (Å²) in [5.74, 6) is -0.907. The van der Waals surface area contributed by atoms with Crippen LogP contribution in [0.2, 0.25) is 0 Å². The number of nitrogens with zero attached hydrogens (tertiary/aromatic N) is 1. The summed E-state index contributed by atoms with van der Waals surface area (Å²) in [6.07, 6.45) is 0.570. The summed E-state index contributed by atoms with van der Waals surface area (Å²) in [5.41, 5.74) is 3.36. The van der Waals surface area contributed by atoms with Crippen LogP contribution in [0.4, 0.5) is 0 Å². The first-order valence-corrected chi connectivity index (χ1v) is 13.2.